The van der Waals surface area contributed by atoms with Gasteiger partial charge in [-0.05, 0) is 24.1 Å². The van der Waals surface area contributed by atoms with E-state index < -0.39 is 0 Å². The summed E-state index contributed by atoms with van der Waals surface area (Å²) < 4.78 is 0. The van der Waals surface area contributed by atoms with Gasteiger partial charge >= 0.3 is 0 Å². The Labute approximate surface area is 109 Å². The molecule has 3 N–H and O–H groups in total. The van der Waals surface area contributed by atoms with E-state index in [0.717, 1.165) is 38.4 Å². The van der Waals surface area contributed by atoms with Gasteiger partial charge in [-0.15, -0.1) is 0 Å². The Morgan fingerprint density at radius 3 is 2.61 bits per heavy atom. The molecule has 1 heterocycles. The highest BCUT2D eigenvalue weighted by atomic mass is 16.3. The standard InChI is InChI=1S/C14H23N3O/c1-12(11-18)10-16-5-7-17(8-6-16)14-4-2-3-13(15)9-14/h2-4,9,12,18H,5-8,10-11,15H2,1H3. The molecular weight excluding hydrogens is 226 g/mol. The van der Waals surface area contributed by atoms with Crippen LogP contribution in [0.25, 0.3) is 0 Å². The minimum Gasteiger partial charge on any atom is -0.399 e. The number of hydrogen-bond acceptors (Lipinski definition) is 4. The van der Waals surface area contributed by atoms with Gasteiger partial charge in [-0.3, -0.25) is 4.90 Å². The minimum atomic E-state index is 0.273. The zero-order chi connectivity index (χ0) is 13.0. The van der Waals surface area contributed by atoms with Crippen LogP contribution in [0.2, 0.25) is 0 Å². The van der Waals surface area contributed by atoms with Crippen molar-refractivity contribution >= 4 is 11.4 Å². The Morgan fingerprint density at radius 2 is 2.00 bits per heavy atom. The van der Waals surface area contributed by atoms with E-state index in [4.69, 9.17) is 10.8 Å². The average molecular weight is 249 g/mol. The van der Waals surface area contributed by atoms with Gasteiger partial charge in [0.2, 0.25) is 0 Å². The highest BCUT2D eigenvalue weighted by Gasteiger charge is 2.18. The molecular formula is C14H23N3O. The van der Waals surface area contributed by atoms with Crippen LogP contribution in [-0.2, 0) is 0 Å². The molecule has 0 radical (unpaired) electrons. The van der Waals surface area contributed by atoms with Gasteiger partial charge in [0, 0.05) is 50.7 Å². The number of rotatable bonds is 4. The van der Waals surface area contributed by atoms with Crippen LogP contribution in [0.1, 0.15) is 6.92 Å². The third kappa shape index (κ3) is 3.37. The molecule has 100 valence electrons. The molecule has 18 heavy (non-hydrogen) atoms. The first kappa shape index (κ1) is 13.2. The van der Waals surface area contributed by atoms with Gasteiger partial charge in [0.25, 0.3) is 0 Å². The number of nitrogens with two attached hydrogens (primary N) is 1. The molecule has 1 aliphatic rings. The minimum absolute atomic E-state index is 0.273. The zero-order valence-electron chi connectivity index (χ0n) is 11.0. The molecule has 0 saturated carbocycles. The molecule has 0 bridgehead atoms. The number of anilines is 2. The van der Waals surface area contributed by atoms with Crippen LogP contribution in [0.5, 0.6) is 0 Å². The molecule has 1 atom stereocenters. The molecule has 0 spiro atoms. The van der Waals surface area contributed by atoms with Crippen LogP contribution in [-0.4, -0.2) is 49.3 Å². The summed E-state index contributed by atoms with van der Waals surface area (Å²) in [5, 5.41) is 9.07. The van der Waals surface area contributed by atoms with E-state index in [1.165, 1.54) is 5.69 Å². The predicted octanol–water partition coefficient (Wildman–Crippen LogP) is 1.02. The van der Waals surface area contributed by atoms with Crippen LogP contribution in [0.4, 0.5) is 11.4 Å². The third-order valence-electron chi connectivity index (χ3n) is 3.49. The van der Waals surface area contributed by atoms with Crippen molar-refractivity contribution in [2.45, 2.75) is 6.92 Å². The van der Waals surface area contributed by atoms with Crippen molar-refractivity contribution in [3.8, 4) is 0 Å². The van der Waals surface area contributed by atoms with Crippen LogP contribution >= 0.6 is 0 Å². The molecule has 1 aliphatic heterocycles. The largest absolute Gasteiger partial charge is 0.399 e. The van der Waals surface area contributed by atoms with Crippen molar-refractivity contribution in [2.75, 3.05) is 50.0 Å². The number of aliphatic hydroxyl groups excluding tert-OH is 1. The summed E-state index contributed by atoms with van der Waals surface area (Å²) in [5.74, 6) is 0.365. The lowest BCUT2D eigenvalue weighted by Gasteiger charge is -2.37. The van der Waals surface area contributed by atoms with Gasteiger partial charge in [0.05, 0.1) is 0 Å². The van der Waals surface area contributed by atoms with E-state index in [0.29, 0.717) is 5.92 Å². The fourth-order valence-corrected chi connectivity index (χ4v) is 2.41. The van der Waals surface area contributed by atoms with Gasteiger partial charge in [-0.2, -0.15) is 0 Å². The van der Waals surface area contributed by atoms with Gasteiger partial charge in [-0.25, -0.2) is 0 Å². The number of aliphatic hydroxyl groups is 1. The Bertz CT molecular complexity index is 375. The topological polar surface area (TPSA) is 52.7 Å². The third-order valence-corrected chi connectivity index (χ3v) is 3.49. The lowest BCUT2D eigenvalue weighted by Crippen LogP contribution is -2.47. The van der Waals surface area contributed by atoms with E-state index in [2.05, 4.69) is 22.8 Å². The monoisotopic (exact) mass is 249 g/mol. The highest BCUT2D eigenvalue weighted by molar-refractivity contribution is 5.56. The first-order valence-electron chi connectivity index (χ1n) is 6.62. The number of nitrogen functional groups attached to an aromatic ring is 1. The molecule has 1 aromatic rings. The first-order valence-corrected chi connectivity index (χ1v) is 6.62. The fourth-order valence-electron chi connectivity index (χ4n) is 2.41. The van der Waals surface area contributed by atoms with Crippen LogP contribution in [0.3, 0.4) is 0 Å². The van der Waals surface area contributed by atoms with Gasteiger partial charge in [0.15, 0.2) is 0 Å². The fraction of sp³-hybridized carbons (Fsp3) is 0.571. The highest BCUT2D eigenvalue weighted by Crippen LogP contribution is 2.19. The lowest BCUT2D eigenvalue weighted by atomic mass is 10.1. The molecule has 0 aliphatic carbocycles. The Balaban J connectivity index is 1.87. The second-order valence-electron chi connectivity index (χ2n) is 5.17. The molecule has 0 aromatic heterocycles. The smallest absolute Gasteiger partial charge is 0.0468 e. The van der Waals surface area contributed by atoms with Crippen molar-refractivity contribution in [1.82, 2.24) is 4.90 Å². The van der Waals surface area contributed by atoms with Crippen LogP contribution in [0.15, 0.2) is 24.3 Å². The van der Waals surface area contributed by atoms with Crippen molar-refractivity contribution in [2.24, 2.45) is 5.92 Å². The molecule has 4 nitrogen and oxygen atoms in total. The summed E-state index contributed by atoms with van der Waals surface area (Å²) >= 11 is 0. The van der Waals surface area contributed by atoms with E-state index in [-0.39, 0.29) is 6.61 Å². The first-order chi connectivity index (χ1) is 8.69. The van der Waals surface area contributed by atoms with Crippen LogP contribution in [0, 0.1) is 5.92 Å². The van der Waals surface area contributed by atoms with Gasteiger partial charge in [0.1, 0.15) is 0 Å². The maximum atomic E-state index is 9.07. The Kier molecular flexibility index (Phi) is 4.44. The van der Waals surface area contributed by atoms with Crippen molar-refractivity contribution in [3.63, 3.8) is 0 Å². The summed E-state index contributed by atoms with van der Waals surface area (Å²) in [6, 6.07) is 8.07. The van der Waals surface area contributed by atoms with E-state index in [1.54, 1.807) is 0 Å². The van der Waals surface area contributed by atoms with E-state index in [1.807, 2.05) is 18.2 Å². The molecule has 1 fully saturated rings. The normalized spacial score (nSPS) is 18.9. The maximum Gasteiger partial charge on any atom is 0.0468 e. The number of nitrogens with zero attached hydrogens (tertiary/aromatic N) is 2. The van der Waals surface area contributed by atoms with Crippen molar-refractivity contribution in [3.05, 3.63) is 24.3 Å². The van der Waals surface area contributed by atoms with Crippen LogP contribution < -0.4 is 10.6 Å². The summed E-state index contributed by atoms with van der Waals surface area (Å²) in [4.78, 5) is 4.79. The van der Waals surface area contributed by atoms with Crippen molar-refractivity contribution < 1.29 is 5.11 Å². The maximum absolute atomic E-state index is 9.07. The predicted molar refractivity (Wildman–Crippen MR) is 75.8 cm³/mol. The second-order valence-corrected chi connectivity index (χ2v) is 5.17. The van der Waals surface area contributed by atoms with E-state index >= 15 is 0 Å². The second kappa shape index (κ2) is 6.07. The summed E-state index contributed by atoms with van der Waals surface area (Å²) in [7, 11) is 0. The number of benzene rings is 1. The SMILES string of the molecule is CC(CO)CN1CCN(c2cccc(N)c2)CC1. The quantitative estimate of drug-likeness (QED) is 0.782. The number of piperazine rings is 1. The van der Waals surface area contributed by atoms with Gasteiger partial charge in [-0.1, -0.05) is 13.0 Å². The molecule has 0 amide bonds. The lowest BCUT2D eigenvalue weighted by molar-refractivity contribution is 0.167. The molecule has 1 unspecified atom stereocenters. The molecule has 1 aromatic carbocycles. The molecule has 1 saturated heterocycles. The van der Waals surface area contributed by atoms with E-state index in [9.17, 15) is 0 Å². The molecule has 4 heteroatoms. The van der Waals surface area contributed by atoms with Gasteiger partial charge < -0.3 is 15.7 Å². The average Bonchev–Trinajstić information content (AvgIpc) is 2.39. The van der Waals surface area contributed by atoms with Crippen molar-refractivity contribution in [1.29, 1.82) is 0 Å². The summed E-state index contributed by atoms with van der Waals surface area (Å²) in [5.41, 5.74) is 7.85. The Hall–Kier alpha value is -1.26. The number of hydrogen-bond donors (Lipinski definition) is 2. The summed E-state index contributed by atoms with van der Waals surface area (Å²) in [6.45, 7) is 7.52. The Morgan fingerprint density at radius 1 is 1.28 bits per heavy atom. The zero-order valence-corrected chi connectivity index (χ0v) is 11.0. The molecule has 2 rings (SSSR count). The summed E-state index contributed by atoms with van der Waals surface area (Å²) in [6.07, 6.45) is 0.